The minimum absolute atomic E-state index is 0.0331. The molecule has 2 aliphatic rings. The number of para-hydroxylation sites is 4. The second kappa shape index (κ2) is 52.0. The maximum Gasteiger partial charge on any atom is 0.141 e. The van der Waals surface area contributed by atoms with Crippen molar-refractivity contribution in [3.8, 4) is 5.75 Å². The van der Waals surface area contributed by atoms with E-state index in [4.69, 9.17) is 21.1 Å². The fraction of sp³-hybridized carbons (Fsp3) is 0.489. The summed E-state index contributed by atoms with van der Waals surface area (Å²) in [7, 11) is 3.83. The van der Waals surface area contributed by atoms with Crippen LogP contribution in [0.2, 0.25) is 5.02 Å². The Balaban J connectivity index is 0.000000569. The number of hydrogen-bond donors (Lipinski definition) is 4. The van der Waals surface area contributed by atoms with Crippen molar-refractivity contribution in [1.82, 2.24) is 9.80 Å². The maximum absolute atomic E-state index is 13.0. The molecule has 0 unspecified atom stereocenters. The third-order valence-electron chi connectivity index (χ3n) is 16.4. The predicted octanol–water partition coefficient (Wildman–Crippen LogP) is 25.8. The number of halogens is 4. The smallest absolute Gasteiger partial charge is 0.141 e. The molecule has 0 radical (unpaired) electrons. The maximum atomic E-state index is 13.0. The Morgan fingerprint density at radius 3 is 1.32 bits per heavy atom. The van der Waals surface area contributed by atoms with Crippen LogP contribution in [0.4, 0.5) is 35.9 Å². The van der Waals surface area contributed by atoms with Gasteiger partial charge in [0.05, 0.1) is 26.0 Å². The normalized spacial score (nSPS) is 12.3. The molecule has 0 atom stereocenters. The lowest BCUT2D eigenvalue weighted by Gasteiger charge is -2.29. The summed E-state index contributed by atoms with van der Waals surface area (Å²) in [6, 6.07) is 62.0. The minimum atomic E-state index is -0.380. The van der Waals surface area contributed by atoms with Crippen LogP contribution in [0, 0.1) is 43.1 Å². The van der Waals surface area contributed by atoms with E-state index in [0.29, 0.717) is 53.8 Å². The zero-order chi connectivity index (χ0) is 77.0. The molecule has 1 aliphatic carbocycles. The van der Waals surface area contributed by atoms with Gasteiger partial charge in [-0.3, -0.25) is 4.90 Å². The number of morpholine rings is 1. The highest BCUT2D eigenvalue weighted by Crippen LogP contribution is 2.36. The van der Waals surface area contributed by atoms with E-state index in [1.54, 1.807) is 13.2 Å². The number of nitrogens with one attached hydrogen (secondary N) is 4. The number of aryl methyl sites for hydroxylation is 2. The van der Waals surface area contributed by atoms with Crippen LogP contribution in [0.15, 0.2) is 182 Å². The summed E-state index contributed by atoms with van der Waals surface area (Å²) in [5.74, 6) is 3.06. The number of anilines is 4. The number of hydrogen-bond acceptors (Lipinski definition) is 8. The van der Waals surface area contributed by atoms with Crippen molar-refractivity contribution in [2.24, 2.45) is 11.8 Å². The van der Waals surface area contributed by atoms with Crippen LogP contribution < -0.4 is 26.0 Å². The second-order valence-electron chi connectivity index (χ2n) is 29.5. The van der Waals surface area contributed by atoms with Crippen LogP contribution in [0.1, 0.15) is 211 Å². The van der Waals surface area contributed by atoms with Gasteiger partial charge in [0, 0.05) is 77.5 Å². The molecule has 8 nitrogen and oxygen atoms in total. The van der Waals surface area contributed by atoms with Crippen LogP contribution in [-0.4, -0.2) is 92.6 Å². The molecule has 1 saturated carbocycles. The molecule has 566 valence electrons. The van der Waals surface area contributed by atoms with Crippen molar-refractivity contribution in [1.29, 1.82) is 0 Å². The van der Waals surface area contributed by atoms with Crippen molar-refractivity contribution in [2.45, 2.75) is 239 Å². The van der Waals surface area contributed by atoms with Crippen LogP contribution in [0.25, 0.3) is 10.8 Å². The Bertz CT molecular complexity index is 3350. The number of nitrogens with zero attached hydrogens (tertiary/aromatic N) is 2. The van der Waals surface area contributed by atoms with Gasteiger partial charge in [-0.05, 0) is 272 Å². The summed E-state index contributed by atoms with van der Waals surface area (Å²) in [5.41, 5.74) is 9.71. The van der Waals surface area contributed by atoms with Crippen LogP contribution >= 0.6 is 11.6 Å². The molecule has 4 N–H and O–H groups in total. The van der Waals surface area contributed by atoms with Gasteiger partial charge in [-0.25, -0.2) is 13.2 Å². The number of rotatable bonds is 16. The first-order chi connectivity index (χ1) is 48.1. The lowest BCUT2D eigenvalue weighted by molar-refractivity contribution is 0.0238. The monoisotopic (exact) mass is 1430 g/mol. The van der Waals surface area contributed by atoms with E-state index in [0.717, 1.165) is 83.5 Å². The quantitative estimate of drug-likeness (QED) is 0.0763. The Morgan fingerprint density at radius 2 is 0.902 bits per heavy atom. The number of benzene rings is 8. The van der Waals surface area contributed by atoms with Crippen LogP contribution in [-0.2, 0) is 4.74 Å². The lowest BCUT2D eigenvalue weighted by atomic mass is 9.96. The van der Waals surface area contributed by atoms with E-state index in [1.165, 1.54) is 58.2 Å². The molecule has 8 aromatic rings. The van der Waals surface area contributed by atoms with E-state index in [9.17, 15) is 13.2 Å². The second-order valence-corrected chi connectivity index (χ2v) is 29.9. The Labute approximate surface area is 624 Å². The highest BCUT2D eigenvalue weighted by molar-refractivity contribution is 6.30. The number of ether oxygens (including phenoxy) is 2. The predicted molar refractivity (Wildman–Crippen MR) is 444 cm³/mol. The lowest BCUT2D eigenvalue weighted by Crippen LogP contribution is -2.40. The van der Waals surface area contributed by atoms with Gasteiger partial charge in [-0.2, -0.15) is 0 Å². The van der Waals surface area contributed by atoms with Gasteiger partial charge in [-0.1, -0.05) is 176 Å². The Hall–Kier alpha value is -7.02. The minimum Gasteiger partial charge on any atom is -0.495 e. The molecule has 8 aromatic carbocycles. The summed E-state index contributed by atoms with van der Waals surface area (Å²) < 4.78 is 48.8. The molecular formula is C90H136ClF3N6O2. The largest absolute Gasteiger partial charge is 0.495 e. The van der Waals surface area contributed by atoms with E-state index in [2.05, 4.69) is 249 Å². The Morgan fingerprint density at radius 1 is 0.461 bits per heavy atom. The molecule has 102 heavy (non-hydrogen) atoms. The van der Waals surface area contributed by atoms with E-state index in [-0.39, 0.29) is 29.3 Å². The van der Waals surface area contributed by atoms with Crippen LogP contribution in [0.3, 0.4) is 0 Å². The third-order valence-corrected chi connectivity index (χ3v) is 16.7. The van der Waals surface area contributed by atoms with Gasteiger partial charge in [0.15, 0.2) is 0 Å². The van der Waals surface area contributed by atoms with Crippen molar-refractivity contribution >= 4 is 45.1 Å². The van der Waals surface area contributed by atoms with E-state index >= 15 is 0 Å². The molecule has 1 aliphatic heterocycles. The molecule has 0 aromatic heterocycles. The Kier molecular flexibility index (Phi) is 47.4. The van der Waals surface area contributed by atoms with Gasteiger partial charge < -0.3 is 35.6 Å². The first-order valence-electron chi connectivity index (χ1n) is 37.4. The van der Waals surface area contributed by atoms with Crippen molar-refractivity contribution in [2.75, 3.05) is 61.7 Å². The highest BCUT2D eigenvalue weighted by atomic mass is 35.5. The molecule has 0 spiro atoms. The van der Waals surface area contributed by atoms with Gasteiger partial charge in [0.2, 0.25) is 0 Å². The summed E-state index contributed by atoms with van der Waals surface area (Å²) in [4.78, 5) is 4.77. The van der Waals surface area contributed by atoms with E-state index in [1.807, 2.05) is 107 Å². The number of methoxy groups -OCH3 is 1. The summed E-state index contributed by atoms with van der Waals surface area (Å²) >= 11 is 5.72. The summed E-state index contributed by atoms with van der Waals surface area (Å²) in [6.07, 6.45) is 3.00. The summed E-state index contributed by atoms with van der Waals surface area (Å²) in [6.45, 7) is 55.1. The molecule has 12 heteroatoms. The zero-order valence-electron chi connectivity index (χ0n) is 67.7. The fourth-order valence-corrected chi connectivity index (χ4v) is 10.3. The fourth-order valence-electron chi connectivity index (χ4n) is 10.1. The average Bonchev–Trinajstić information content (AvgIpc) is 1.05. The molecular weight excluding hydrogens is 1290 g/mol. The van der Waals surface area contributed by atoms with Gasteiger partial charge in [-0.15, -0.1) is 0 Å². The standard InChI is InChI=1S/C13H14.C10H13F.C10H15NO.C10H15N.C9H12ClN.C9H10F2.C9H13N.C7H15NO.C7H17N.C6H12/c1-10(2)12-9-5-7-11-6-3-4-8-13(11)12;1-7(2)9-6-8(3)4-5-10(9)11;1-8(2)11-9-6-4-5-7-10(9)12-3;1-8(2)11-10-7-5-4-6-9(10)3;1-7(2)11-9-5-3-8(10)4-6-9;1-6(2)8-5-7(10)3-4-9(8)11;1-8(2)10-9-6-4-3-5-7-9;1-7(2)8-3-5-9-6-4-8;1-6(2)8(5)7(3)4;1-5(2)6-3-4-6/h3-10H,1-2H3;4-7H,1-3H3;4-8,11H,1-3H3;4-8,11H,1-3H3;3-7,11H,1-2H3;3-6H,1-2H3;3-8,10H,1-2H3;7H,3-6H2,1-2H3;6-7H,1-5H3;5-6H,3-4H2,1-2H3. The first kappa shape index (κ1) is 93.0. The van der Waals surface area contributed by atoms with Gasteiger partial charge >= 0.3 is 0 Å². The summed E-state index contributed by atoms with van der Waals surface area (Å²) in [5, 5.41) is 16.8. The van der Waals surface area contributed by atoms with Gasteiger partial charge in [0.1, 0.15) is 23.2 Å². The zero-order valence-corrected chi connectivity index (χ0v) is 68.5. The van der Waals surface area contributed by atoms with Crippen LogP contribution in [0.5, 0.6) is 5.75 Å². The molecule has 0 bridgehead atoms. The molecule has 1 saturated heterocycles. The highest BCUT2D eigenvalue weighted by Gasteiger charge is 2.24. The molecule has 10 rings (SSSR count). The third kappa shape index (κ3) is 41.9. The first-order valence-corrected chi connectivity index (χ1v) is 37.7. The molecule has 1 heterocycles. The van der Waals surface area contributed by atoms with Crippen molar-refractivity contribution < 1.29 is 22.6 Å². The molecule has 2 fully saturated rings. The molecule has 0 amide bonds. The average molecular weight is 1430 g/mol. The SMILES string of the molecule is CC(C)C1CC1.CC(C)N(C)C(C)C.CC(C)N1CCOCC1.CC(C)Nc1ccc(Cl)cc1.CC(C)Nc1ccccc1.CC(C)c1cc(F)ccc1F.CC(C)c1cccc2ccccc12.COc1ccccc1NC(C)C.Cc1ccc(F)c(C(C)C)c1.Cc1ccccc1NC(C)C. The topological polar surface area (TPSA) is 73.1 Å². The van der Waals surface area contributed by atoms with E-state index < -0.39 is 0 Å². The number of fused-ring (bicyclic) bond motifs is 1. The van der Waals surface area contributed by atoms with Crippen molar-refractivity contribution in [3.63, 3.8) is 0 Å². The van der Waals surface area contributed by atoms with Crippen molar-refractivity contribution in [3.05, 3.63) is 232 Å². The van der Waals surface area contributed by atoms with Gasteiger partial charge in [0.25, 0.3) is 0 Å².